The number of urea groups is 1. The van der Waals surface area contributed by atoms with Gasteiger partial charge in [-0.2, -0.15) is 0 Å². The van der Waals surface area contributed by atoms with Crippen molar-refractivity contribution < 1.29 is 9.90 Å². The van der Waals surface area contributed by atoms with Crippen LogP contribution in [0.25, 0.3) is 0 Å². The molecule has 2 amide bonds. The lowest BCUT2D eigenvalue weighted by Gasteiger charge is -2.22. The van der Waals surface area contributed by atoms with Crippen LogP contribution in [0.1, 0.15) is 41.3 Å². The Hall–Kier alpha value is -1.14. The Balaban J connectivity index is 1.65. The molecule has 0 radical (unpaired) electrons. The predicted molar refractivity (Wildman–Crippen MR) is 80.1 cm³/mol. The summed E-state index contributed by atoms with van der Waals surface area (Å²) in [5.41, 5.74) is 0.374. The standard InChI is InChI=1S/C14H23N3O2S/c1-10-11(2)20-12(17-10)5-8-15-13(18)16-9-14(19)6-3-4-7-14/h19H,3-9H2,1-2H3,(H2,15,16,18). The first-order valence-electron chi connectivity index (χ1n) is 7.15. The molecule has 1 aromatic rings. The van der Waals surface area contributed by atoms with Crippen LogP contribution in [0.3, 0.4) is 0 Å². The molecule has 1 fully saturated rings. The van der Waals surface area contributed by atoms with Crippen molar-refractivity contribution >= 4 is 17.4 Å². The molecular weight excluding hydrogens is 274 g/mol. The van der Waals surface area contributed by atoms with Crippen LogP contribution in [0, 0.1) is 13.8 Å². The Morgan fingerprint density at radius 3 is 2.65 bits per heavy atom. The molecular formula is C14H23N3O2S. The van der Waals surface area contributed by atoms with E-state index < -0.39 is 5.60 Å². The molecule has 112 valence electrons. The van der Waals surface area contributed by atoms with Gasteiger partial charge in [0.1, 0.15) is 0 Å². The Morgan fingerprint density at radius 1 is 1.35 bits per heavy atom. The minimum atomic E-state index is -0.694. The number of aliphatic hydroxyl groups is 1. The summed E-state index contributed by atoms with van der Waals surface area (Å²) >= 11 is 1.68. The summed E-state index contributed by atoms with van der Waals surface area (Å²) in [5.74, 6) is 0. The summed E-state index contributed by atoms with van der Waals surface area (Å²) in [7, 11) is 0. The molecule has 1 aliphatic rings. The summed E-state index contributed by atoms with van der Waals surface area (Å²) in [6.45, 7) is 4.96. The van der Waals surface area contributed by atoms with Gasteiger partial charge in [0.2, 0.25) is 0 Å². The van der Waals surface area contributed by atoms with Crippen molar-refractivity contribution in [1.82, 2.24) is 15.6 Å². The second-order valence-electron chi connectivity index (χ2n) is 5.54. The summed E-state index contributed by atoms with van der Waals surface area (Å²) in [4.78, 5) is 17.3. The number of carbonyl (C=O) groups excluding carboxylic acids is 1. The zero-order chi connectivity index (χ0) is 14.6. The number of thiazole rings is 1. The third-order valence-corrected chi connectivity index (χ3v) is 4.94. The molecule has 20 heavy (non-hydrogen) atoms. The lowest BCUT2D eigenvalue weighted by atomic mass is 10.0. The largest absolute Gasteiger partial charge is 0.388 e. The number of aryl methyl sites for hydroxylation is 2. The maximum atomic E-state index is 11.7. The number of hydrogen-bond acceptors (Lipinski definition) is 4. The van der Waals surface area contributed by atoms with Crippen LogP contribution in [0.15, 0.2) is 0 Å². The average Bonchev–Trinajstić information content (AvgIpc) is 2.95. The summed E-state index contributed by atoms with van der Waals surface area (Å²) in [6, 6.07) is -0.213. The number of hydrogen-bond donors (Lipinski definition) is 3. The quantitative estimate of drug-likeness (QED) is 0.777. The van der Waals surface area contributed by atoms with Gasteiger partial charge in [-0.05, 0) is 26.7 Å². The van der Waals surface area contributed by atoms with Crippen LogP contribution >= 0.6 is 11.3 Å². The molecule has 2 rings (SSSR count). The fourth-order valence-corrected chi connectivity index (χ4v) is 3.38. The lowest BCUT2D eigenvalue weighted by molar-refractivity contribution is 0.0501. The first-order valence-corrected chi connectivity index (χ1v) is 7.97. The number of rotatable bonds is 5. The van der Waals surface area contributed by atoms with Crippen LogP contribution in [0.5, 0.6) is 0 Å². The molecule has 1 aliphatic carbocycles. The Morgan fingerprint density at radius 2 is 2.05 bits per heavy atom. The topological polar surface area (TPSA) is 74.2 Å². The van der Waals surface area contributed by atoms with E-state index in [1.807, 2.05) is 6.92 Å². The van der Waals surface area contributed by atoms with E-state index in [1.165, 1.54) is 4.88 Å². The first-order chi connectivity index (χ1) is 9.48. The van der Waals surface area contributed by atoms with E-state index >= 15 is 0 Å². The van der Waals surface area contributed by atoms with Crippen molar-refractivity contribution in [1.29, 1.82) is 0 Å². The molecule has 6 heteroatoms. The average molecular weight is 297 g/mol. The molecule has 1 saturated carbocycles. The fourth-order valence-electron chi connectivity index (χ4n) is 2.45. The molecule has 3 N–H and O–H groups in total. The molecule has 1 heterocycles. The highest BCUT2D eigenvalue weighted by Gasteiger charge is 2.31. The minimum Gasteiger partial charge on any atom is -0.388 e. The van der Waals surface area contributed by atoms with Crippen molar-refractivity contribution in [2.24, 2.45) is 0 Å². The van der Waals surface area contributed by atoms with Crippen molar-refractivity contribution in [3.63, 3.8) is 0 Å². The SMILES string of the molecule is Cc1nc(CCNC(=O)NCC2(O)CCCC2)sc1C. The van der Waals surface area contributed by atoms with Crippen LogP contribution < -0.4 is 10.6 Å². The number of nitrogens with one attached hydrogen (secondary N) is 2. The Labute approximate surface area is 123 Å². The van der Waals surface area contributed by atoms with Gasteiger partial charge in [0.05, 0.1) is 16.3 Å². The summed E-state index contributed by atoms with van der Waals surface area (Å²) < 4.78 is 0. The van der Waals surface area contributed by atoms with E-state index in [1.54, 1.807) is 11.3 Å². The predicted octanol–water partition coefficient (Wildman–Crippen LogP) is 1.91. The second-order valence-corrected chi connectivity index (χ2v) is 6.83. The zero-order valence-electron chi connectivity index (χ0n) is 12.2. The van der Waals surface area contributed by atoms with Crippen molar-refractivity contribution in [3.8, 4) is 0 Å². The van der Waals surface area contributed by atoms with E-state index in [0.717, 1.165) is 42.8 Å². The van der Waals surface area contributed by atoms with Gasteiger partial charge in [-0.15, -0.1) is 11.3 Å². The Bertz CT molecular complexity index is 447. The van der Waals surface area contributed by atoms with Crippen LogP contribution in [0.4, 0.5) is 4.79 Å². The maximum absolute atomic E-state index is 11.7. The van der Waals surface area contributed by atoms with E-state index in [4.69, 9.17) is 0 Å². The zero-order valence-corrected chi connectivity index (χ0v) is 13.0. The van der Waals surface area contributed by atoms with Gasteiger partial charge in [-0.1, -0.05) is 12.8 Å². The molecule has 0 bridgehead atoms. The van der Waals surface area contributed by atoms with Crippen molar-refractivity contribution in [2.45, 2.75) is 51.6 Å². The van der Waals surface area contributed by atoms with Gasteiger partial charge >= 0.3 is 6.03 Å². The molecule has 0 unspecified atom stereocenters. The highest BCUT2D eigenvalue weighted by atomic mass is 32.1. The van der Waals surface area contributed by atoms with Crippen LogP contribution in [0.2, 0.25) is 0 Å². The van der Waals surface area contributed by atoms with E-state index in [9.17, 15) is 9.90 Å². The number of aromatic nitrogens is 1. The Kier molecular flexibility index (Phi) is 4.99. The molecule has 5 nitrogen and oxygen atoms in total. The third kappa shape index (κ3) is 4.18. The third-order valence-electron chi connectivity index (χ3n) is 3.81. The fraction of sp³-hybridized carbons (Fsp3) is 0.714. The lowest BCUT2D eigenvalue weighted by Crippen LogP contribution is -2.45. The van der Waals surface area contributed by atoms with Gasteiger partial charge in [0, 0.05) is 24.4 Å². The summed E-state index contributed by atoms with van der Waals surface area (Å²) in [5, 5.41) is 16.7. The second kappa shape index (κ2) is 6.54. The van der Waals surface area contributed by atoms with Gasteiger partial charge in [0.25, 0.3) is 0 Å². The normalized spacial score (nSPS) is 17.1. The maximum Gasteiger partial charge on any atom is 0.314 e. The molecule has 0 aliphatic heterocycles. The number of carbonyl (C=O) groups is 1. The highest BCUT2D eigenvalue weighted by Crippen LogP contribution is 2.28. The smallest absolute Gasteiger partial charge is 0.314 e. The molecule has 0 saturated heterocycles. The van der Waals surface area contributed by atoms with Gasteiger partial charge < -0.3 is 15.7 Å². The number of amides is 2. The molecule has 0 aromatic carbocycles. The van der Waals surface area contributed by atoms with Crippen LogP contribution in [-0.4, -0.2) is 34.8 Å². The van der Waals surface area contributed by atoms with Crippen molar-refractivity contribution in [3.05, 3.63) is 15.6 Å². The van der Waals surface area contributed by atoms with E-state index in [0.29, 0.717) is 13.1 Å². The summed E-state index contributed by atoms with van der Waals surface area (Å²) in [6.07, 6.45) is 4.40. The molecule has 0 spiro atoms. The van der Waals surface area contributed by atoms with Gasteiger partial charge in [-0.3, -0.25) is 0 Å². The van der Waals surface area contributed by atoms with Gasteiger partial charge in [-0.25, -0.2) is 9.78 Å². The van der Waals surface area contributed by atoms with Gasteiger partial charge in [0.15, 0.2) is 0 Å². The highest BCUT2D eigenvalue weighted by molar-refractivity contribution is 7.11. The monoisotopic (exact) mass is 297 g/mol. The van der Waals surface area contributed by atoms with E-state index in [2.05, 4.69) is 22.5 Å². The van der Waals surface area contributed by atoms with E-state index in [-0.39, 0.29) is 6.03 Å². The van der Waals surface area contributed by atoms with Crippen LogP contribution in [-0.2, 0) is 6.42 Å². The molecule has 1 aromatic heterocycles. The minimum absolute atomic E-state index is 0.213. The first kappa shape index (κ1) is 15.3. The van der Waals surface area contributed by atoms with Crippen molar-refractivity contribution in [2.75, 3.05) is 13.1 Å². The number of nitrogens with zero attached hydrogens (tertiary/aromatic N) is 1. The molecule has 0 atom stereocenters.